The first kappa shape index (κ1) is 30.3. The van der Waals surface area contributed by atoms with E-state index in [-0.39, 0.29) is 18.6 Å². The number of pyridine rings is 1. The Morgan fingerprint density at radius 3 is 2.46 bits per heavy atom. The molecule has 1 unspecified atom stereocenters. The zero-order chi connectivity index (χ0) is 28.4. The van der Waals surface area contributed by atoms with Crippen LogP contribution in [0.2, 0.25) is 5.02 Å². The standard InChI is InChI=1S/C25H26ClN3O5.CH4O3S/c26-19-7-5-17(6-8-19)24(31)28-22(25(32)34-14-11-29-9-12-33-13-10-29)15-18-16-23(30)27-21-4-2-1-3-20(18)21;1-5(2,3)4/h1-8,16,22H,9-15H2,(H,27,30)(H,28,31);1H3,(H,2,3,4). The number of aromatic nitrogens is 1. The van der Waals surface area contributed by atoms with Crippen LogP contribution < -0.4 is 10.9 Å². The molecule has 1 aliphatic rings. The largest absolute Gasteiger partial charge is 0.463 e. The minimum atomic E-state index is -3.67. The molecule has 0 radical (unpaired) electrons. The molecule has 2 aromatic carbocycles. The molecule has 3 aromatic rings. The fourth-order valence-corrected chi connectivity index (χ4v) is 4.03. The van der Waals surface area contributed by atoms with Gasteiger partial charge in [0.2, 0.25) is 5.56 Å². The molecule has 0 saturated carbocycles. The molecule has 1 aromatic heterocycles. The quantitative estimate of drug-likeness (QED) is 0.268. The predicted molar refractivity (Wildman–Crippen MR) is 147 cm³/mol. The van der Waals surface area contributed by atoms with E-state index in [2.05, 4.69) is 15.2 Å². The van der Waals surface area contributed by atoms with Crippen LogP contribution in [0.1, 0.15) is 15.9 Å². The van der Waals surface area contributed by atoms with Crippen molar-refractivity contribution >= 4 is 44.5 Å². The van der Waals surface area contributed by atoms with Crippen molar-refractivity contribution in [3.8, 4) is 0 Å². The number of hydrogen-bond donors (Lipinski definition) is 3. The van der Waals surface area contributed by atoms with Gasteiger partial charge >= 0.3 is 5.97 Å². The second-order valence-electron chi connectivity index (χ2n) is 8.80. The lowest BCUT2D eigenvalue weighted by Gasteiger charge is -2.26. The predicted octanol–water partition coefficient (Wildman–Crippen LogP) is 1.90. The number of ether oxygens (including phenoxy) is 2. The number of nitrogens with zero attached hydrogens (tertiary/aromatic N) is 1. The van der Waals surface area contributed by atoms with E-state index >= 15 is 0 Å². The van der Waals surface area contributed by atoms with E-state index in [0.29, 0.717) is 47.7 Å². The van der Waals surface area contributed by atoms with Crippen molar-refractivity contribution in [2.24, 2.45) is 0 Å². The molecule has 210 valence electrons. The van der Waals surface area contributed by atoms with E-state index in [1.54, 1.807) is 30.3 Å². The third-order valence-electron chi connectivity index (χ3n) is 5.71. The minimum absolute atomic E-state index is 0.111. The third kappa shape index (κ3) is 10.4. The number of carbonyl (C=O) groups is 2. The van der Waals surface area contributed by atoms with E-state index in [1.165, 1.54) is 6.07 Å². The number of hydrogen-bond acceptors (Lipinski definition) is 8. The molecule has 3 N–H and O–H groups in total. The molecule has 1 atom stereocenters. The van der Waals surface area contributed by atoms with Gasteiger partial charge in [-0.15, -0.1) is 0 Å². The molecule has 13 heteroatoms. The molecule has 0 aliphatic carbocycles. The Bertz CT molecular complexity index is 1430. The summed E-state index contributed by atoms with van der Waals surface area (Å²) >= 11 is 5.92. The first-order chi connectivity index (χ1) is 18.5. The Balaban J connectivity index is 0.000000771. The smallest absolute Gasteiger partial charge is 0.329 e. The van der Waals surface area contributed by atoms with Gasteiger partial charge in [-0.05, 0) is 35.9 Å². The Labute approximate surface area is 230 Å². The normalized spacial score (nSPS) is 14.6. The van der Waals surface area contributed by atoms with Crippen molar-refractivity contribution in [2.75, 3.05) is 45.7 Å². The van der Waals surface area contributed by atoms with Crippen LogP contribution in [0.25, 0.3) is 10.9 Å². The number of aromatic amines is 1. The van der Waals surface area contributed by atoms with Gasteiger partial charge in [-0.3, -0.25) is 19.0 Å². The van der Waals surface area contributed by atoms with Gasteiger partial charge in [-0.1, -0.05) is 29.8 Å². The van der Waals surface area contributed by atoms with Crippen LogP contribution in [-0.2, 0) is 30.8 Å². The number of H-pyrrole nitrogens is 1. The number of morpholine rings is 1. The summed E-state index contributed by atoms with van der Waals surface area (Å²) in [6.07, 6.45) is 0.827. The number of para-hydroxylation sites is 1. The summed E-state index contributed by atoms with van der Waals surface area (Å²) in [6, 6.07) is 14.2. The molecular weight excluding hydrogens is 550 g/mol. The van der Waals surface area contributed by atoms with Crippen LogP contribution in [0, 0.1) is 0 Å². The number of halogens is 1. The number of fused-ring (bicyclic) bond motifs is 1. The molecule has 4 rings (SSSR count). The van der Waals surface area contributed by atoms with E-state index < -0.39 is 28.0 Å². The maximum atomic E-state index is 13.0. The molecule has 0 bridgehead atoms. The van der Waals surface area contributed by atoms with Crippen molar-refractivity contribution in [3.05, 3.63) is 81.1 Å². The summed E-state index contributed by atoms with van der Waals surface area (Å²) in [5.41, 5.74) is 1.39. The number of esters is 1. The van der Waals surface area contributed by atoms with Gasteiger partial charge in [-0.2, -0.15) is 8.42 Å². The summed E-state index contributed by atoms with van der Waals surface area (Å²) in [7, 11) is -3.67. The fourth-order valence-electron chi connectivity index (χ4n) is 3.90. The van der Waals surface area contributed by atoms with Crippen molar-refractivity contribution in [1.82, 2.24) is 15.2 Å². The van der Waals surface area contributed by atoms with Crippen molar-refractivity contribution in [2.45, 2.75) is 12.5 Å². The van der Waals surface area contributed by atoms with Crippen LogP contribution in [0.3, 0.4) is 0 Å². The maximum absolute atomic E-state index is 13.0. The average Bonchev–Trinajstić information content (AvgIpc) is 2.88. The first-order valence-electron chi connectivity index (χ1n) is 12.1. The maximum Gasteiger partial charge on any atom is 0.329 e. The summed E-state index contributed by atoms with van der Waals surface area (Å²) in [5.74, 6) is -0.985. The molecule has 2 heterocycles. The monoisotopic (exact) mass is 579 g/mol. The van der Waals surface area contributed by atoms with E-state index in [9.17, 15) is 22.8 Å². The van der Waals surface area contributed by atoms with E-state index in [0.717, 1.165) is 18.5 Å². The van der Waals surface area contributed by atoms with Gasteiger partial charge in [0.1, 0.15) is 12.6 Å². The van der Waals surface area contributed by atoms with Crippen LogP contribution in [0.15, 0.2) is 59.4 Å². The molecular formula is C26H30ClN3O8S. The Kier molecular flexibility index (Phi) is 11.0. The number of benzene rings is 2. The topological polar surface area (TPSA) is 155 Å². The second-order valence-corrected chi connectivity index (χ2v) is 10.7. The fraction of sp³-hybridized carbons (Fsp3) is 0.346. The first-order valence-corrected chi connectivity index (χ1v) is 14.3. The summed E-state index contributed by atoms with van der Waals surface area (Å²) in [5, 5.41) is 4.08. The highest BCUT2D eigenvalue weighted by atomic mass is 35.5. The lowest BCUT2D eigenvalue weighted by molar-refractivity contribution is -0.146. The van der Waals surface area contributed by atoms with Gasteiger partial charge in [-0.25, -0.2) is 4.79 Å². The van der Waals surface area contributed by atoms with Gasteiger partial charge in [0.05, 0.1) is 19.5 Å². The van der Waals surface area contributed by atoms with Crippen LogP contribution >= 0.6 is 11.6 Å². The third-order valence-corrected chi connectivity index (χ3v) is 5.96. The molecule has 1 fully saturated rings. The van der Waals surface area contributed by atoms with Crippen LogP contribution in [0.4, 0.5) is 0 Å². The van der Waals surface area contributed by atoms with E-state index in [1.807, 2.05) is 18.2 Å². The molecule has 1 saturated heterocycles. The lowest BCUT2D eigenvalue weighted by atomic mass is 10.0. The van der Waals surface area contributed by atoms with Crippen LogP contribution in [0.5, 0.6) is 0 Å². The van der Waals surface area contributed by atoms with Crippen molar-refractivity contribution in [3.63, 3.8) is 0 Å². The zero-order valence-corrected chi connectivity index (χ0v) is 22.8. The molecule has 0 spiro atoms. The Hall–Kier alpha value is -3.29. The van der Waals surface area contributed by atoms with Crippen molar-refractivity contribution < 1.29 is 32.0 Å². The number of rotatable bonds is 8. The van der Waals surface area contributed by atoms with Gasteiger partial charge in [0, 0.05) is 53.6 Å². The highest BCUT2D eigenvalue weighted by Gasteiger charge is 2.25. The number of carbonyl (C=O) groups excluding carboxylic acids is 2. The van der Waals surface area contributed by atoms with Gasteiger partial charge < -0.3 is 19.8 Å². The minimum Gasteiger partial charge on any atom is -0.463 e. The number of nitrogens with one attached hydrogen (secondary N) is 2. The Morgan fingerprint density at radius 1 is 1.15 bits per heavy atom. The molecule has 11 nitrogen and oxygen atoms in total. The lowest BCUT2D eigenvalue weighted by Crippen LogP contribution is -2.44. The zero-order valence-electron chi connectivity index (χ0n) is 21.3. The summed E-state index contributed by atoms with van der Waals surface area (Å²) in [4.78, 5) is 43.0. The van der Waals surface area contributed by atoms with Gasteiger partial charge in [0.15, 0.2) is 0 Å². The molecule has 1 aliphatic heterocycles. The SMILES string of the molecule is CS(=O)(=O)O.O=C(NC(Cc1cc(=O)[nH]c2ccccc12)C(=O)OCCN1CCOCC1)c1ccc(Cl)cc1. The summed E-state index contributed by atoms with van der Waals surface area (Å²) < 4.78 is 36.7. The molecule has 1 amide bonds. The van der Waals surface area contributed by atoms with Gasteiger partial charge in [0.25, 0.3) is 16.0 Å². The Morgan fingerprint density at radius 2 is 1.79 bits per heavy atom. The van der Waals surface area contributed by atoms with Crippen molar-refractivity contribution in [1.29, 1.82) is 0 Å². The molecule has 39 heavy (non-hydrogen) atoms. The second kappa shape index (κ2) is 14.2. The van der Waals surface area contributed by atoms with Crippen LogP contribution in [-0.4, -0.2) is 86.5 Å². The highest BCUT2D eigenvalue weighted by molar-refractivity contribution is 7.85. The van der Waals surface area contributed by atoms with E-state index in [4.69, 9.17) is 25.6 Å². The number of amides is 1. The summed E-state index contributed by atoms with van der Waals surface area (Å²) in [6.45, 7) is 3.66. The highest BCUT2D eigenvalue weighted by Crippen LogP contribution is 2.17. The average molecular weight is 580 g/mol.